The lowest BCUT2D eigenvalue weighted by atomic mass is 10.0. The predicted octanol–water partition coefficient (Wildman–Crippen LogP) is 5.44. The van der Waals surface area contributed by atoms with Crippen LogP contribution in [0.3, 0.4) is 0 Å². The summed E-state index contributed by atoms with van der Waals surface area (Å²) >= 11 is 6.24. The van der Waals surface area contributed by atoms with Crippen LogP contribution in [0, 0.1) is 0 Å². The van der Waals surface area contributed by atoms with E-state index in [1.807, 2.05) is 62.4 Å². The van der Waals surface area contributed by atoms with Gasteiger partial charge in [0.05, 0.1) is 11.9 Å². The van der Waals surface area contributed by atoms with Gasteiger partial charge in [0.15, 0.2) is 0 Å². The van der Waals surface area contributed by atoms with Crippen LogP contribution in [0.1, 0.15) is 44.2 Å². The van der Waals surface area contributed by atoms with Crippen LogP contribution in [0.15, 0.2) is 84.9 Å². The Labute approximate surface area is 243 Å². The second-order valence-corrected chi connectivity index (χ2v) is 12.3. The Morgan fingerprint density at radius 3 is 2.15 bits per heavy atom. The summed E-state index contributed by atoms with van der Waals surface area (Å²) in [7, 11) is -3.55. The Hall–Kier alpha value is -3.36. The summed E-state index contributed by atoms with van der Waals surface area (Å²) in [5.74, 6) is -0.461. The van der Waals surface area contributed by atoms with Gasteiger partial charge in [0.2, 0.25) is 21.8 Å². The molecule has 0 saturated heterocycles. The molecule has 3 rings (SSSR count). The maximum atomic E-state index is 13.8. The molecule has 0 saturated carbocycles. The molecule has 0 heterocycles. The van der Waals surface area contributed by atoms with Crippen LogP contribution in [0.25, 0.3) is 0 Å². The number of sulfonamides is 1. The number of anilines is 1. The number of carbonyl (C=O) groups is 2. The van der Waals surface area contributed by atoms with Crippen molar-refractivity contribution in [2.75, 3.05) is 17.1 Å². The minimum atomic E-state index is -3.55. The van der Waals surface area contributed by atoms with Gasteiger partial charge in [0, 0.05) is 37.0 Å². The molecule has 3 aromatic carbocycles. The second kappa shape index (κ2) is 14.9. The van der Waals surface area contributed by atoms with Gasteiger partial charge < -0.3 is 10.2 Å². The summed E-state index contributed by atoms with van der Waals surface area (Å²) in [6.45, 7) is 4.26. The van der Waals surface area contributed by atoms with Gasteiger partial charge >= 0.3 is 0 Å². The molecular formula is C31H38ClN3O4S. The Balaban J connectivity index is 1.88. The smallest absolute Gasteiger partial charge is 0.243 e. The van der Waals surface area contributed by atoms with Gasteiger partial charge in [0.25, 0.3) is 0 Å². The molecule has 0 aliphatic carbocycles. The SMILES string of the molecule is CC[C@H](C)NC(=O)[C@@H](Cc1ccccc1)N(Cc1cccc(Cl)c1)C(=O)CCCN(c1ccccc1)S(C)(=O)=O. The van der Waals surface area contributed by atoms with Crippen LogP contribution in [-0.4, -0.2) is 50.0 Å². The molecule has 0 aliphatic rings. The number of rotatable bonds is 14. The average Bonchev–Trinajstić information content (AvgIpc) is 2.93. The Bertz CT molecular complexity index is 1350. The summed E-state index contributed by atoms with van der Waals surface area (Å²) in [6, 6.07) is 24.8. The van der Waals surface area contributed by atoms with E-state index in [1.54, 1.807) is 41.3 Å². The molecule has 0 aromatic heterocycles. The summed E-state index contributed by atoms with van der Waals surface area (Å²) in [5, 5.41) is 3.59. The zero-order valence-electron chi connectivity index (χ0n) is 23.3. The lowest BCUT2D eigenvalue weighted by molar-refractivity contribution is -0.141. The lowest BCUT2D eigenvalue weighted by Gasteiger charge is -2.32. The third-order valence-electron chi connectivity index (χ3n) is 6.71. The first kappa shape index (κ1) is 31.2. The molecule has 0 spiro atoms. The molecule has 7 nitrogen and oxygen atoms in total. The largest absolute Gasteiger partial charge is 0.352 e. The fourth-order valence-corrected chi connectivity index (χ4v) is 5.60. The predicted molar refractivity (Wildman–Crippen MR) is 162 cm³/mol. The van der Waals surface area contributed by atoms with E-state index >= 15 is 0 Å². The van der Waals surface area contributed by atoms with Crippen molar-refractivity contribution >= 4 is 39.1 Å². The quantitative estimate of drug-likeness (QED) is 0.274. The van der Waals surface area contributed by atoms with Crippen molar-refractivity contribution in [1.29, 1.82) is 0 Å². The molecule has 0 fully saturated rings. The van der Waals surface area contributed by atoms with Gasteiger partial charge in [-0.05, 0) is 55.2 Å². The van der Waals surface area contributed by atoms with Crippen LogP contribution in [0.5, 0.6) is 0 Å². The van der Waals surface area contributed by atoms with Crippen molar-refractivity contribution in [3.63, 3.8) is 0 Å². The van der Waals surface area contributed by atoms with E-state index in [4.69, 9.17) is 11.6 Å². The lowest BCUT2D eigenvalue weighted by Crippen LogP contribution is -2.52. The summed E-state index contributed by atoms with van der Waals surface area (Å²) in [6.07, 6.45) is 2.61. The van der Waals surface area contributed by atoms with E-state index in [0.29, 0.717) is 17.1 Å². The van der Waals surface area contributed by atoms with Gasteiger partial charge in [-0.15, -0.1) is 0 Å². The maximum absolute atomic E-state index is 13.8. The van der Waals surface area contributed by atoms with Crippen LogP contribution >= 0.6 is 11.6 Å². The minimum Gasteiger partial charge on any atom is -0.352 e. The highest BCUT2D eigenvalue weighted by molar-refractivity contribution is 7.92. The molecule has 2 amide bonds. The van der Waals surface area contributed by atoms with Gasteiger partial charge in [0.1, 0.15) is 6.04 Å². The molecule has 0 unspecified atom stereocenters. The average molecular weight is 584 g/mol. The first-order valence-electron chi connectivity index (χ1n) is 13.5. The fourth-order valence-electron chi connectivity index (χ4n) is 4.43. The Morgan fingerprint density at radius 2 is 1.55 bits per heavy atom. The highest BCUT2D eigenvalue weighted by Gasteiger charge is 2.31. The number of halogens is 1. The van der Waals surface area contributed by atoms with Crippen LogP contribution < -0.4 is 9.62 Å². The maximum Gasteiger partial charge on any atom is 0.243 e. The number of benzene rings is 3. The first-order chi connectivity index (χ1) is 19.1. The summed E-state index contributed by atoms with van der Waals surface area (Å²) < 4.78 is 26.3. The van der Waals surface area contributed by atoms with E-state index in [-0.39, 0.29) is 43.8 Å². The summed E-state index contributed by atoms with van der Waals surface area (Å²) in [4.78, 5) is 29.0. The van der Waals surface area contributed by atoms with E-state index in [2.05, 4.69) is 5.32 Å². The first-order valence-corrected chi connectivity index (χ1v) is 15.7. The highest BCUT2D eigenvalue weighted by atomic mass is 35.5. The van der Waals surface area contributed by atoms with Crippen molar-refractivity contribution < 1.29 is 18.0 Å². The fraction of sp³-hybridized carbons (Fsp3) is 0.355. The van der Waals surface area contributed by atoms with E-state index in [9.17, 15) is 18.0 Å². The monoisotopic (exact) mass is 583 g/mol. The standard InChI is InChI=1S/C31H38ClN3O4S/c1-4-24(2)33-31(37)29(22-25-13-7-5-8-14-25)34(23-26-15-11-16-27(32)21-26)30(36)19-12-20-35(40(3,38)39)28-17-9-6-10-18-28/h5-11,13-18,21,24,29H,4,12,19-20,22-23H2,1-3H3,(H,33,37)/t24-,29+/m0/s1. The van der Waals surface area contributed by atoms with Crippen molar-refractivity contribution in [2.24, 2.45) is 0 Å². The Kier molecular flexibility index (Phi) is 11.6. The number of nitrogens with zero attached hydrogens (tertiary/aromatic N) is 2. The third kappa shape index (κ3) is 9.38. The molecule has 0 aliphatic heterocycles. The van der Waals surface area contributed by atoms with Crippen molar-refractivity contribution in [3.05, 3.63) is 101 Å². The summed E-state index contributed by atoms with van der Waals surface area (Å²) in [5.41, 5.74) is 2.28. The molecule has 0 radical (unpaired) electrons. The van der Waals surface area contributed by atoms with E-state index in [1.165, 1.54) is 4.31 Å². The van der Waals surface area contributed by atoms with Crippen LogP contribution in [0.4, 0.5) is 5.69 Å². The number of nitrogens with one attached hydrogen (secondary N) is 1. The van der Waals surface area contributed by atoms with Gasteiger partial charge in [-0.3, -0.25) is 13.9 Å². The normalized spacial score (nSPS) is 12.8. The number of para-hydroxylation sites is 1. The van der Waals surface area contributed by atoms with E-state index in [0.717, 1.165) is 23.8 Å². The topological polar surface area (TPSA) is 86.8 Å². The number of hydrogen-bond donors (Lipinski definition) is 1. The molecule has 214 valence electrons. The van der Waals surface area contributed by atoms with Crippen molar-refractivity contribution in [3.8, 4) is 0 Å². The molecular weight excluding hydrogens is 546 g/mol. The number of amides is 2. The molecule has 2 atom stereocenters. The molecule has 9 heteroatoms. The zero-order chi connectivity index (χ0) is 29.1. The van der Waals surface area contributed by atoms with Gasteiger partial charge in [-0.25, -0.2) is 8.42 Å². The molecule has 40 heavy (non-hydrogen) atoms. The minimum absolute atomic E-state index is 0.0527. The highest BCUT2D eigenvalue weighted by Crippen LogP contribution is 2.21. The van der Waals surface area contributed by atoms with Crippen LogP contribution in [0.2, 0.25) is 5.02 Å². The molecule has 0 bridgehead atoms. The zero-order valence-corrected chi connectivity index (χ0v) is 24.9. The molecule has 1 N–H and O–H groups in total. The number of carbonyl (C=O) groups excluding carboxylic acids is 2. The van der Waals surface area contributed by atoms with Gasteiger partial charge in [-0.2, -0.15) is 0 Å². The van der Waals surface area contributed by atoms with Crippen LogP contribution in [-0.2, 0) is 32.6 Å². The Morgan fingerprint density at radius 1 is 0.925 bits per heavy atom. The third-order valence-corrected chi connectivity index (χ3v) is 8.14. The second-order valence-electron chi connectivity index (χ2n) is 9.95. The van der Waals surface area contributed by atoms with Gasteiger partial charge in [-0.1, -0.05) is 79.2 Å². The number of hydrogen-bond acceptors (Lipinski definition) is 4. The van der Waals surface area contributed by atoms with Crippen molar-refractivity contribution in [2.45, 2.75) is 58.2 Å². The van der Waals surface area contributed by atoms with E-state index < -0.39 is 16.1 Å². The molecule has 3 aromatic rings. The van der Waals surface area contributed by atoms with Crippen molar-refractivity contribution in [1.82, 2.24) is 10.2 Å².